The van der Waals surface area contributed by atoms with E-state index >= 15 is 0 Å². The number of fused-ring (bicyclic) bond motifs is 1. The van der Waals surface area contributed by atoms with Crippen LogP contribution in [0, 0.1) is 32.1 Å². The predicted octanol–water partition coefficient (Wildman–Crippen LogP) is 3.87. The summed E-state index contributed by atoms with van der Waals surface area (Å²) in [6, 6.07) is 13.5. The van der Waals surface area contributed by atoms with Gasteiger partial charge in [-0.15, -0.1) is 11.8 Å². The summed E-state index contributed by atoms with van der Waals surface area (Å²) in [4.78, 5) is 87.7. The zero-order valence-corrected chi connectivity index (χ0v) is 32.4. The van der Waals surface area contributed by atoms with Gasteiger partial charge in [0.1, 0.15) is 25.0 Å². The molecule has 3 saturated heterocycles. The summed E-state index contributed by atoms with van der Waals surface area (Å²) in [7, 11) is 0. The molecule has 18 nitrogen and oxygen atoms in total. The molecule has 3 aromatic rings. The molecule has 0 unspecified atom stereocenters. The van der Waals surface area contributed by atoms with Crippen LogP contribution in [0.15, 0.2) is 83.7 Å². The Morgan fingerprint density at radius 2 is 1.47 bits per heavy atom. The van der Waals surface area contributed by atoms with Gasteiger partial charge in [0, 0.05) is 91.1 Å². The van der Waals surface area contributed by atoms with E-state index in [4.69, 9.17) is 9.47 Å². The van der Waals surface area contributed by atoms with Gasteiger partial charge in [-0.1, -0.05) is 6.92 Å². The van der Waals surface area contributed by atoms with Gasteiger partial charge in [0.15, 0.2) is 0 Å². The van der Waals surface area contributed by atoms with Gasteiger partial charge in [0.2, 0.25) is 11.8 Å². The number of thioether (sulfide) groups is 1. The van der Waals surface area contributed by atoms with Gasteiger partial charge in [0.05, 0.1) is 27.9 Å². The molecule has 0 aliphatic carbocycles. The number of rotatable bonds is 12. The van der Waals surface area contributed by atoms with Crippen molar-refractivity contribution in [2.45, 2.75) is 56.9 Å². The van der Waals surface area contributed by atoms with E-state index < -0.39 is 63.1 Å². The molecular weight excluding hydrogens is 775 g/mol. The molecule has 0 radical (unpaired) electrons. The Morgan fingerprint density at radius 3 is 2.02 bits per heavy atom. The van der Waals surface area contributed by atoms with Crippen molar-refractivity contribution >= 4 is 52.7 Å². The van der Waals surface area contributed by atoms with Crippen LogP contribution in [-0.4, -0.2) is 115 Å². The topological polar surface area (TPSA) is 219 Å². The molecule has 3 fully saturated rings. The number of carbonyl (C=O) groups excluding carboxylic acids is 4. The van der Waals surface area contributed by atoms with Gasteiger partial charge in [0.25, 0.3) is 11.4 Å². The highest BCUT2D eigenvalue weighted by Crippen LogP contribution is 2.52. The first-order valence-corrected chi connectivity index (χ1v) is 19.6. The Kier molecular flexibility index (Phi) is 11.6. The highest BCUT2D eigenvalue weighted by molar-refractivity contribution is 8.03. The van der Waals surface area contributed by atoms with E-state index in [0.717, 1.165) is 5.69 Å². The van der Waals surface area contributed by atoms with Gasteiger partial charge in [-0.3, -0.25) is 39.7 Å². The molecule has 304 valence electrons. The Bertz CT molecular complexity index is 2110. The first-order chi connectivity index (χ1) is 27.8. The predicted molar refractivity (Wildman–Crippen MR) is 208 cm³/mol. The number of nitro groups is 2. The highest BCUT2D eigenvalue weighted by atomic mass is 32.2. The molecule has 7 rings (SSSR count). The van der Waals surface area contributed by atoms with E-state index in [1.807, 2.05) is 19.1 Å². The summed E-state index contributed by atoms with van der Waals surface area (Å²) in [6.07, 6.45) is 1.89. The fourth-order valence-corrected chi connectivity index (χ4v) is 9.51. The van der Waals surface area contributed by atoms with Gasteiger partial charge < -0.3 is 29.3 Å². The van der Waals surface area contributed by atoms with E-state index in [1.165, 1.54) is 77.0 Å². The first kappa shape index (κ1) is 40.1. The van der Waals surface area contributed by atoms with E-state index in [9.17, 15) is 44.5 Å². The molecule has 4 aliphatic heterocycles. The number of aliphatic hydroxyl groups excluding tert-OH is 1. The molecule has 0 saturated carbocycles. The van der Waals surface area contributed by atoms with Crippen molar-refractivity contribution in [1.82, 2.24) is 19.7 Å². The smallest absolute Gasteiger partial charge is 0.410 e. The number of hydrogen-bond donors (Lipinski definition) is 1. The lowest BCUT2D eigenvalue weighted by Gasteiger charge is -2.46. The summed E-state index contributed by atoms with van der Waals surface area (Å²) in [5.41, 5.74) is 1.79. The molecule has 0 spiro atoms. The standard InChI is InChI=1S/C39H41N7O11S/c1-23-33-32(24(2)47)37(49)44(33)34(38(50)56-21-25-3-7-28(8-4-25)45(52)53)35(23)58-30-19-31(36(48)42-17-15-41(16-18-42)27-11-13-40-14-12-27)43(20-30)39(51)57-22-26-5-9-29(10-6-26)46(54)55/h3-14,23-24,30-33,47H,15-22H2,1-2H3/t23-,24-,30+,31+,32-,33-/m1/s1. The van der Waals surface area contributed by atoms with Crippen molar-refractivity contribution in [3.63, 3.8) is 0 Å². The average Bonchev–Trinajstić information content (AvgIpc) is 3.76. The number of amides is 3. The minimum Gasteiger partial charge on any atom is -0.456 e. The van der Waals surface area contributed by atoms with Crippen LogP contribution in [0.3, 0.4) is 0 Å². The molecule has 5 heterocycles. The Hall–Kier alpha value is -6.08. The molecule has 3 amide bonds. The Balaban J connectivity index is 1.11. The molecule has 4 aliphatic rings. The quantitative estimate of drug-likeness (QED) is 0.119. The van der Waals surface area contributed by atoms with Crippen LogP contribution < -0.4 is 4.90 Å². The maximum absolute atomic E-state index is 14.3. The van der Waals surface area contributed by atoms with Crippen molar-refractivity contribution in [1.29, 1.82) is 0 Å². The normalized spacial score (nSPS) is 23.3. The monoisotopic (exact) mass is 815 g/mol. The van der Waals surface area contributed by atoms with Crippen molar-refractivity contribution < 1.29 is 43.6 Å². The van der Waals surface area contributed by atoms with Crippen LogP contribution >= 0.6 is 11.8 Å². The molecule has 1 aromatic heterocycles. The van der Waals surface area contributed by atoms with Gasteiger partial charge >= 0.3 is 12.1 Å². The van der Waals surface area contributed by atoms with Crippen LogP contribution in [0.2, 0.25) is 0 Å². The summed E-state index contributed by atoms with van der Waals surface area (Å²) in [6.45, 7) is 4.99. The fourth-order valence-electron chi connectivity index (χ4n) is 7.99. The highest BCUT2D eigenvalue weighted by Gasteiger charge is 2.60. The number of non-ortho nitro benzene ring substituents is 2. The van der Waals surface area contributed by atoms with Crippen molar-refractivity contribution in [2.75, 3.05) is 37.6 Å². The summed E-state index contributed by atoms with van der Waals surface area (Å²) in [5.74, 6) is -2.62. The average molecular weight is 816 g/mol. The number of pyridine rings is 1. The third-order valence-corrected chi connectivity index (χ3v) is 12.5. The molecule has 0 bridgehead atoms. The minimum atomic E-state index is -0.980. The number of carbonyl (C=O) groups is 4. The number of anilines is 1. The summed E-state index contributed by atoms with van der Waals surface area (Å²) >= 11 is 1.29. The van der Waals surface area contributed by atoms with E-state index in [0.29, 0.717) is 42.2 Å². The zero-order chi connectivity index (χ0) is 41.2. The molecule has 6 atom stereocenters. The molecule has 19 heteroatoms. The molecular formula is C39H41N7O11S. The second-order valence-electron chi connectivity index (χ2n) is 14.6. The summed E-state index contributed by atoms with van der Waals surface area (Å²) in [5, 5.41) is 32.3. The summed E-state index contributed by atoms with van der Waals surface area (Å²) < 4.78 is 11.3. The number of esters is 1. The lowest BCUT2D eigenvalue weighted by atomic mass is 9.79. The lowest BCUT2D eigenvalue weighted by Crippen LogP contribution is -2.63. The van der Waals surface area contributed by atoms with E-state index in [1.54, 1.807) is 17.3 Å². The molecule has 1 N–H and O–H groups in total. The maximum atomic E-state index is 14.3. The largest absolute Gasteiger partial charge is 0.456 e. The van der Waals surface area contributed by atoms with Crippen LogP contribution in [0.5, 0.6) is 0 Å². The minimum absolute atomic E-state index is 0.0284. The van der Waals surface area contributed by atoms with Crippen molar-refractivity contribution in [2.24, 2.45) is 11.8 Å². The van der Waals surface area contributed by atoms with Crippen LogP contribution in [-0.2, 0) is 37.1 Å². The number of piperazine rings is 1. The van der Waals surface area contributed by atoms with Gasteiger partial charge in [-0.25, -0.2) is 9.59 Å². The molecule has 58 heavy (non-hydrogen) atoms. The fraction of sp³-hybridized carbons (Fsp3) is 0.410. The van der Waals surface area contributed by atoms with E-state index in [-0.39, 0.29) is 49.2 Å². The number of ether oxygens (including phenoxy) is 2. The second kappa shape index (κ2) is 16.8. The van der Waals surface area contributed by atoms with Crippen LogP contribution in [0.1, 0.15) is 31.4 Å². The first-order valence-electron chi connectivity index (χ1n) is 18.7. The SMILES string of the molecule is C[C@@H](O)[C@H]1C(=O)N2C(C(=O)OCc3ccc([N+](=O)[O-])cc3)=C(S[C@H]3C[C@@H](C(=O)N4CCN(c5ccncc5)CC4)N(C(=O)OCc4ccc([N+](=O)[O-])cc4)C3)[C@H](C)[C@H]12. The maximum Gasteiger partial charge on any atom is 0.410 e. The number of nitro benzene ring substituents is 2. The third kappa shape index (κ3) is 8.04. The van der Waals surface area contributed by atoms with Gasteiger partial charge in [-0.05, 0) is 60.9 Å². The zero-order valence-electron chi connectivity index (χ0n) is 31.6. The number of aliphatic hydroxyl groups is 1. The lowest BCUT2D eigenvalue weighted by molar-refractivity contribution is -0.385. The number of likely N-dealkylation sites (tertiary alicyclic amines) is 1. The van der Waals surface area contributed by atoms with Gasteiger partial charge in [-0.2, -0.15) is 0 Å². The van der Waals surface area contributed by atoms with Crippen molar-refractivity contribution in [3.8, 4) is 0 Å². The molecule has 2 aromatic carbocycles. The number of aromatic nitrogens is 1. The number of nitrogens with zero attached hydrogens (tertiary/aromatic N) is 7. The second-order valence-corrected chi connectivity index (χ2v) is 15.9. The Labute approximate surface area is 336 Å². The van der Waals surface area contributed by atoms with Crippen LogP contribution in [0.4, 0.5) is 21.9 Å². The number of benzene rings is 2. The number of β-lactam (4-membered cyclic amide) rings is 1. The number of hydrogen-bond acceptors (Lipinski definition) is 14. The Morgan fingerprint density at radius 1 is 0.897 bits per heavy atom. The van der Waals surface area contributed by atoms with E-state index in [2.05, 4.69) is 9.88 Å². The van der Waals surface area contributed by atoms with Crippen molar-refractivity contribution in [3.05, 3.63) is 115 Å². The third-order valence-electron chi connectivity index (χ3n) is 11.0. The van der Waals surface area contributed by atoms with Crippen LogP contribution in [0.25, 0.3) is 0 Å².